The second kappa shape index (κ2) is 9.22. The SMILES string of the molecule is CCCN(CCO)c1cc(Cl)ccc1CNCC(C)C. The molecule has 20 heavy (non-hydrogen) atoms. The van der Waals surface area contributed by atoms with Gasteiger partial charge in [-0.2, -0.15) is 0 Å². The molecule has 0 radical (unpaired) electrons. The zero-order valence-corrected chi connectivity index (χ0v) is 13.6. The third-order valence-electron chi connectivity index (χ3n) is 3.12. The molecular weight excluding hydrogens is 272 g/mol. The van der Waals surface area contributed by atoms with Gasteiger partial charge in [0.05, 0.1) is 6.61 Å². The van der Waals surface area contributed by atoms with Gasteiger partial charge in [0.2, 0.25) is 0 Å². The van der Waals surface area contributed by atoms with E-state index in [1.165, 1.54) is 5.56 Å². The number of aliphatic hydroxyl groups excluding tert-OH is 1. The summed E-state index contributed by atoms with van der Waals surface area (Å²) in [6.07, 6.45) is 1.05. The van der Waals surface area contributed by atoms with Crippen LogP contribution < -0.4 is 10.2 Å². The number of anilines is 1. The molecule has 4 heteroatoms. The fourth-order valence-electron chi connectivity index (χ4n) is 2.22. The minimum atomic E-state index is 0.158. The summed E-state index contributed by atoms with van der Waals surface area (Å²) in [6.45, 7) is 10.1. The van der Waals surface area contributed by atoms with Crippen LogP contribution in [0.2, 0.25) is 5.02 Å². The van der Waals surface area contributed by atoms with Crippen LogP contribution in [0.4, 0.5) is 5.69 Å². The second-order valence-corrected chi connectivity index (χ2v) is 5.94. The summed E-state index contributed by atoms with van der Waals surface area (Å²) in [5.41, 5.74) is 2.36. The van der Waals surface area contributed by atoms with Crippen molar-refractivity contribution in [3.63, 3.8) is 0 Å². The zero-order valence-electron chi connectivity index (χ0n) is 12.8. The van der Waals surface area contributed by atoms with E-state index in [4.69, 9.17) is 11.6 Å². The van der Waals surface area contributed by atoms with Crippen molar-refractivity contribution >= 4 is 17.3 Å². The van der Waals surface area contributed by atoms with Crippen molar-refractivity contribution < 1.29 is 5.11 Å². The van der Waals surface area contributed by atoms with Gasteiger partial charge in [-0.25, -0.2) is 0 Å². The van der Waals surface area contributed by atoms with E-state index >= 15 is 0 Å². The largest absolute Gasteiger partial charge is 0.395 e. The number of hydrogen-bond acceptors (Lipinski definition) is 3. The van der Waals surface area contributed by atoms with Crippen LogP contribution in [-0.4, -0.2) is 31.3 Å². The van der Waals surface area contributed by atoms with Crippen LogP contribution in [0.3, 0.4) is 0 Å². The lowest BCUT2D eigenvalue weighted by Gasteiger charge is -2.26. The van der Waals surface area contributed by atoms with Gasteiger partial charge in [-0.05, 0) is 36.6 Å². The average molecular weight is 299 g/mol. The van der Waals surface area contributed by atoms with Crippen molar-refractivity contribution in [3.8, 4) is 0 Å². The fourth-order valence-corrected chi connectivity index (χ4v) is 2.39. The lowest BCUT2D eigenvalue weighted by Crippen LogP contribution is -2.29. The maximum absolute atomic E-state index is 9.24. The van der Waals surface area contributed by atoms with Crippen LogP contribution in [0.15, 0.2) is 18.2 Å². The van der Waals surface area contributed by atoms with Crippen LogP contribution in [0.1, 0.15) is 32.8 Å². The van der Waals surface area contributed by atoms with Crippen LogP contribution in [0.5, 0.6) is 0 Å². The molecule has 1 aromatic carbocycles. The molecule has 0 atom stereocenters. The molecule has 1 aromatic rings. The summed E-state index contributed by atoms with van der Waals surface area (Å²) in [5.74, 6) is 0.634. The van der Waals surface area contributed by atoms with Gasteiger partial charge in [0, 0.05) is 30.3 Å². The van der Waals surface area contributed by atoms with E-state index in [0.717, 1.165) is 36.8 Å². The minimum absolute atomic E-state index is 0.158. The summed E-state index contributed by atoms with van der Waals surface area (Å²) < 4.78 is 0. The van der Waals surface area contributed by atoms with Gasteiger partial charge in [0.1, 0.15) is 0 Å². The van der Waals surface area contributed by atoms with E-state index in [-0.39, 0.29) is 6.61 Å². The Labute approximate surface area is 127 Å². The topological polar surface area (TPSA) is 35.5 Å². The Bertz CT molecular complexity index is 390. The molecule has 0 unspecified atom stereocenters. The molecule has 0 amide bonds. The number of aliphatic hydroxyl groups is 1. The van der Waals surface area contributed by atoms with Gasteiger partial charge < -0.3 is 15.3 Å². The standard InChI is InChI=1S/C16H27ClN2O/c1-4-7-19(8-9-20)16-10-15(17)6-5-14(16)12-18-11-13(2)3/h5-6,10,13,18,20H,4,7-9,11-12H2,1-3H3. The minimum Gasteiger partial charge on any atom is -0.395 e. The molecule has 0 fully saturated rings. The van der Waals surface area contributed by atoms with Gasteiger partial charge in [0.15, 0.2) is 0 Å². The van der Waals surface area contributed by atoms with E-state index in [1.54, 1.807) is 0 Å². The number of hydrogen-bond donors (Lipinski definition) is 2. The van der Waals surface area contributed by atoms with Gasteiger partial charge in [-0.1, -0.05) is 38.4 Å². The van der Waals surface area contributed by atoms with E-state index in [0.29, 0.717) is 12.5 Å². The lowest BCUT2D eigenvalue weighted by molar-refractivity contribution is 0.301. The van der Waals surface area contributed by atoms with Crippen LogP contribution in [0, 0.1) is 5.92 Å². The third kappa shape index (κ3) is 5.70. The van der Waals surface area contributed by atoms with Crippen molar-refractivity contribution in [1.29, 1.82) is 0 Å². The van der Waals surface area contributed by atoms with Crippen LogP contribution in [0.25, 0.3) is 0 Å². The van der Waals surface area contributed by atoms with Crippen molar-refractivity contribution in [3.05, 3.63) is 28.8 Å². The molecule has 0 aliphatic heterocycles. The monoisotopic (exact) mass is 298 g/mol. The van der Waals surface area contributed by atoms with E-state index in [2.05, 4.69) is 37.1 Å². The first-order valence-corrected chi connectivity index (χ1v) is 7.81. The summed E-state index contributed by atoms with van der Waals surface area (Å²) in [4.78, 5) is 2.21. The Kier molecular flexibility index (Phi) is 7.97. The Morgan fingerprint density at radius 3 is 2.65 bits per heavy atom. The molecule has 0 aliphatic rings. The molecule has 1 rings (SSSR count). The summed E-state index contributed by atoms with van der Waals surface area (Å²) in [7, 11) is 0. The number of nitrogens with zero attached hydrogens (tertiary/aromatic N) is 1. The predicted octanol–water partition coefficient (Wildman–Crippen LogP) is 3.29. The van der Waals surface area contributed by atoms with Gasteiger partial charge >= 0.3 is 0 Å². The van der Waals surface area contributed by atoms with Gasteiger partial charge in [0.25, 0.3) is 0 Å². The Morgan fingerprint density at radius 2 is 2.05 bits per heavy atom. The van der Waals surface area contributed by atoms with Crippen LogP contribution >= 0.6 is 11.6 Å². The van der Waals surface area contributed by atoms with Crippen molar-refractivity contribution in [2.75, 3.05) is 31.1 Å². The molecule has 3 nitrogen and oxygen atoms in total. The highest BCUT2D eigenvalue weighted by atomic mass is 35.5. The molecule has 0 spiro atoms. The Morgan fingerprint density at radius 1 is 1.30 bits per heavy atom. The predicted molar refractivity (Wildman–Crippen MR) is 87.6 cm³/mol. The molecule has 0 saturated heterocycles. The first-order valence-electron chi connectivity index (χ1n) is 7.43. The molecule has 0 saturated carbocycles. The molecule has 0 aliphatic carbocycles. The number of nitrogens with one attached hydrogen (secondary N) is 1. The lowest BCUT2D eigenvalue weighted by atomic mass is 10.1. The Hall–Kier alpha value is -0.770. The van der Waals surface area contributed by atoms with Crippen molar-refractivity contribution in [2.24, 2.45) is 5.92 Å². The molecule has 114 valence electrons. The van der Waals surface area contributed by atoms with E-state index < -0.39 is 0 Å². The van der Waals surface area contributed by atoms with Crippen molar-refractivity contribution in [1.82, 2.24) is 5.32 Å². The maximum Gasteiger partial charge on any atom is 0.0606 e. The first kappa shape index (κ1) is 17.3. The summed E-state index contributed by atoms with van der Waals surface area (Å²) in [6, 6.07) is 6.00. The molecular formula is C16H27ClN2O. The molecule has 0 aromatic heterocycles. The highest BCUT2D eigenvalue weighted by molar-refractivity contribution is 6.30. The molecule has 0 heterocycles. The zero-order chi connectivity index (χ0) is 15.0. The number of rotatable bonds is 9. The quantitative estimate of drug-likeness (QED) is 0.734. The number of halogens is 1. The summed E-state index contributed by atoms with van der Waals surface area (Å²) in [5, 5.41) is 13.5. The van der Waals surface area contributed by atoms with Gasteiger partial charge in [-0.15, -0.1) is 0 Å². The van der Waals surface area contributed by atoms with E-state index in [1.807, 2.05) is 12.1 Å². The van der Waals surface area contributed by atoms with Crippen LogP contribution in [-0.2, 0) is 6.54 Å². The normalized spacial score (nSPS) is 11.1. The van der Waals surface area contributed by atoms with Gasteiger partial charge in [-0.3, -0.25) is 0 Å². The highest BCUT2D eigenvalue weighted by Crippen LogP contribution is 2.25. The molecule has 0 bridgehead atoms. The van der Waals surface area contributed by atoms with Crippen molar-refractivity contribution in [2.45, 2.75) is 33.7 Å². The molecule has 2 N–H and O–H groups in total. The average Bonchev–Trinajstić information content (AvgIpc) is 2.40. The smallest absolute Gasteiger partial charge is 0.0606 e. The second-order valence-electron chi connectivity index (χ2n) is 5.51. The number of benzene rings is 1. The Balaban J connectivity index is 2.86. The highest BCUT2D eigenvalue weighted by Gasteiger charge is 2.11. The summed E-state index contributed by atoms with van der Waals surface area (Å²) >= 11 is 6.14. The maximum atomic E-state index is 9.24. The fraction of sp³-hybridized carbons (Fsp3) is 0.625. The first-order chi connectivity index (χ1) is 9.58. The van der Waals surface area contributed by atoms with E-state index in [9.17, 15) is 5.11 Å². The third-order valence-corrected chi connectivity index (χ3v) is 3.35.